The summed E-state index contributed by atoms with van der Waals surface area (Å²) in [4.78, 5) is 12.3. The second kappa shape index (κ2) is 7.45. The van der Waals surface area contributed by atoms with Gasteiger partial charge in [0.05, 0.1) is 12.3 Å². The van der Waals surface area contributed by atoms with Gasteiger partial charge in [-0.15, -0.1) is 0 Å². The lowest BCUT2D eigenvalue weighted by atomic mass is 10.2. The monoisotopic (exact) mass is 395 g/mol. The Morgan fingerprint density at radius 3 is 2.67 bits per heavy atom. The van der Waals surface area contributed by atoms with Gasteiger partial charge in [-0.1, -0.05) is 32.0 Å². The van der Waals surface area contributed by atoms with Crippen molar-refractivity contribution in [3.63, 3.8) is 0 Å². The molecule has 0 fully saturated rings. The molecular weight excluding hydrogens is 377 g/mol. The molecule has 0 aliphatic carbocycles. The van der Waals surface area contributed by atoms with Crippen molar-refractivity contribution in [3.8, 4) is 5.75 Å². The van der Waals surface area contributed by atoms with Crippen molar-refractivity contribution in [2.75, 3.05) is 11.9 Å². The van der Waals surface area contributed by atoms with Gasteiger partial charge in [0.15, 0.2) is 0 Å². The maximum absolute atomic E-state index is 12.3. The number of amides is 1. The second-order valence-electron chi connectivity index (χ2n) is 5.17. The number of halogens is 1. The van der Waals surface area contributed by atoms with E-state index in [4.69, 9.17) is 4.74 Å². The van der Waals surface area contributed by atoms with Gasteiger partial charge in [-0.25, -0.2) is 0 Å². The quantitative estimate of drug-likeness (QED) is 0.753. The van der Waals surface area contributed by atoms with E-state index in [0.29, 0.717) is 18.1 Å². The summed E-state index contributed by atoms with van der Waals surface area (Å²) >= 11 is 2.20. The summed E-state index contributed by atoms with van der Waals surface area (Å²) < 4.78 is 6.66. The largest absolute Gasteiger partial charge is 0.493 e. The average molecular weight is 395 g/mol. The van der Waals surface area contributed by atoms with Gasteiger partial charge in [-0.05, 0) is 58.8 Å². The van der Waals surface area contributed by atoms with E-state index in [1.54, 1.807) is 12.1 Å². The van der Waals surface area contributed by atoms with Gasteiger partial charge in [-0.3, -0.25) is 4.79 Å². The molecule has 0 atom stereocenters. The lowest BCUT2D eigenvalue weighted by molar-refractivity contribution is 0.102. The van der Waals surface area contributed by atoms with Crippen LogP contribution in [-0.2, 0) is 0 Å². The van der Waals surface area contributed by atoms with Crippen molar-refractivity contribution in [3.05, 3.63) is 57.7 Å². The number of hydrogen-bond acceptors (Lipinski definition) is 2. The summed E-state index contributed by atoms with van der Waals surface area (Å²) in [6.07, 6.45) is 0. The molecule has 1 amide bonds. The van der Waals surface area contributed by atoms with E-state index in [-0.39, 0.29) is 5.91 Å². The Morgan fingerprint density at radius 2 is 1.95 bits per heavy atom. The Kier molecular flexibility index (Phi) is 5.61. The molecule has 0 aliphatic heterocycles. The van der Waals surface area contributed by atoms with Crippen molar-refractivity contribution >= 4 is 34.2 Å². The van der Waals surface area contributed by atoms with E-state index in [1.807, 2.05) is 36.4 Å². The first-order valence-electron chi connectivity index (χ1n) is 6.85. The maximum atomic E-state index is 12.3. The van der Waals surface area contributed by atoms with E-state index >= 15 is 0 Å². The second-order valence-corrected chi connectivity index (χ2v) is 6.33. The SMILES string of the molecule is CC(C)COc1cccc(C(=O)Nc2ccccc2I)c1. The van der Waals surface area contributed by atoms with Crippen LogP contribution in [0.25, 0.3) is 0 Å². The standard InChI is InChI=1S/C17H18INO2/c1-12(2)11-21-14-7-5-6-13(10-14)17(20)19-16-9-4-3-8-15(16)18/h3-10,12H,11H2,1-2H3,(H,19,20). The normalized spacial score (nSPS) is 10.5. The Labute approximate surface area is 138 Å². The molecule has 0 bridgehead atoms. The van der Waals surface area contributed by atoms with Gasteiger partial charge in [0.1, 0.15) is 5.75 Å². The molecule has 110 valence electrons. The Morgan fingerprint density at radius 1 is 1.19 bits per heavy atom. The summed E-state index contributed by atoms with van der Waals surface area (Å²) in [5.74, 6) is 1.04. The molecule has 0 heterocycles. The highest BCUT2D eigenvalue weighted by atomic mass is 127. The number of anilines is 1. The number of carbonyl (C=O) groups excluding carboxylic acids is 1. The first-order chi connectivity index (χ1) is 10.1. The summed E-state index contributed by atoms with van der Waals surface area (Å²) in [7, 11) is 0. The van der Waals surface area contributed by atoms with Gasteiger partial charge >= 0.3 is 0 Å². The molecule has 0 spiro atoms. The van der Waals surface area contributed by atoms with Crippen LogP contribution in [0, 0.1) is 9.49 Å². The molecule has 21 heavy (non-hydrogen) atoms. The molecule has 1 N–H and O–H groups in total. The molecular formula is C17H18INO2. The molecule has 2 aromatic rings. The van der Waals surface area contributed by atoms with E-state index in [9.17, 15) is 4.79 Å². The van der Waals surface area contributed by atoms with E-state index in [0.717, 1.165) is 15.0 Å². The minimum atomic E-state index is -0.130. The van der Waals surface area contributed by atoms with Crippen LogP contribution < -0.4 is 10.1 Å². The topological polar surface area (TPSA) is 38.3 Å². The van der Waals surface area contributed by atoms with E-state index < -0.39 is 0 Å². The smallest absolute Gasteiger partial charge is 0.255 e. The molecule has 2 rings (SSSR count). The Hall–Kier alpha value is -1.56. The fourth-order valence-corrected chi connectivity index (χ4v) is 2.27. The number of carbonyl (C=O) groups is 1. The molecule has 0 unspecified atom stereocenters. The average Bonchev–Trinajstić information content (AvgIpc) is 2.48. The number of ether oxygens (including phenoxy) is 1. The van der Waals surface area contributed by atoms with Crippen LogP contribution in [0.1, 0.15) is 24.2 Å². The van der Waals surface area contributed by atoms with Crippen LogP contribution >= 0.6 is 22.6 Å². The molecule has 2 aromatic carbocycles. The summed E-state index contributed by atoms with van der Waals surface area (Å²) in [5.41, 5.74) is 1.41. The molecule has 0 aliphatic rings. The first kappa shape index (κ1) is 15.8. The molecule has 0 radical (unpaired) electrons. The number of nitrogens with one attached hydrogen (secondary N) is 1. The minimum Gasteiger partial charge on any atom is -0.493 e. The van der Waals surface area contributed by atoms with Crippen LogP contribution in [0.3, 0.4) is 0 Å². The predicted octanol–water partition coefficient (Wildman–Crippen LogP) is 4.58. The van der Waals surface area contributed by atoms with Gasteiger partial charge < -0.3 is 10.1 Å². The lowest BCUT2D eigenvalue weighted by Gasteiger charge is -2.11. The summed E-state index contributed by atoms with van der Waals surface area (Å²) in [6, 6.07) is 14.9. The lowest BCUT2D eigenvalue weighted by Crippen LogP contribution is -2.13. The highest BCUT2D eigenvalue weighted by molar-refractivity contribution is 14.1. The maximum Gasteiger partial charge on any atom is 0.255 e. The number of para-hydroxylation sites is 1. The van der Waals surface area contributed by atoms with Crippen molar-refractivity contribution < 1.29 is 9.53 Å². The van der Waals surface area contributed by atoms with E-state index in [1.165, 1.54) is 0 Å². The third-order valence-electron chi connectivity index (χ3n) is 2.80. The zero-order valence-corrected chi connectivity index (χ0v) is 14.3. The van der Waals surface area contributed by atoms with Crippen LogP contribution in [0.4, 0.5) is 5.69 Å². The molecule has 4 heteroatoms. The predicted molar refractivity (Wildman–Crippen MR) is 93.9 cm³/mol. The number of hydrogen-bond donors (Lipinski definition) is 1. The van der Waals surface area contributed by atoms with Gasteiger partial charge in [-0.2, -0.15) is 0 Å². The highest BCUT2D eigenvalue weighted by Gasteiger charge is 2.09. The Bertz CT molecular complexity index is 626. The summed E-state index contributed by atoms with van der Waals surface area (Å²) in [6.45, 7) is 4.82. The third-order valence-corrected chi connectivity index (χ3v) is 3.74. The fraction of sp³-hybridized carbons (Fsp3) is 0.235. The van der Waals surface area contributed by atoms with Crippen molar-refractivity contribution in [1.82, 2.24) is 0 Å². The third kappa shape index (κ3) is 4.74. The van der Waals surface area contributed by atoms with Crippen LogP contribution in [0.15, 0.2) is 48.5 Å². The fourth-order valence-electron chi connectivity index (χ4n) is 1.75. The van der Waals surface area contributed by atoms with Crippen LogP contribution in [0.2, 0.25) is 0 Å². The van der Waals surface area contributed by atoms with Crippen molar-refractivity contribution in [1.29, 1.82) is 0 Å². The van der Waals surface area contributed by atoms with E-state index in [2.05, 4.69) is 41.8 Å². The Balaban J connectivity index is 2.09. The van der Waals surface area contributed by atoms with Gasteiger partial charge in [0.2, 0.25) is 0 Å². The zero-order chi connectivity index (χ0) is 15.2. The number of benzene rings is 2. The van der Waals surface area contributed by atoms with Crippen molar-refractivity contribution in [2.24, 2.45) is 5.92 Å². The van der Waals surface area contributed by atoms with Crippen LogP contribution in [0.5, 0.6) is 5.75 Å². The van der Waals surface area contributed by atoms with Crippen LogP contribution in [-0.4, -0.2) is 12.5 Å². The summed E-state index contributed by atoms with van der Waals surface area (Å²) in [5, 5.41) is 2.92. The molecule has 0 saturated carbocycles. The molecule has 0 saturated heterocycles. The van der Waals surface area contributed by atoms with Crippen molar-refractivity contribution in [2.45, 2.75) is 13.8 Å². The highest BCUT2D eigenvalue weighted by Crippen LogP contribution is 2.19. The van der Waals surface area contributed by atoms with Gasteiger partial charge in [0, 0.05) is 9.13 Å². The molecule has 3 nitrogen and oxygen atoms in total. The number of rotatable bonds is 5. The first-order valence-corrected chi connectivity index (χ1v) is 7.93. The van der Waals surface area contributed by atoms with Gasteiger partial charge in [0.25, 0.3) is 5.91 Å². The molecule has 0 aromatic heterocycles. The minimum absolute atomic E-state index is 0.130. The zero-order valence-electron chi connectivity index (χ0n) is 12.1.